The van der Waals surface area contributed by atoms with Gasteiger partial charge < -0.3 is 14.7 Å². The normalized spacial score (nSPS) is 16.7. The Kier molecular flexibility index (Phi) is 5.14. The quantitative estimate of drug-likeness (QED) is 0.592. The number of benzene rings is 2. The van der Waals surface area contributed by atoms with Crippen LogP contribution in [0.15, 0.2) is 42.5 Å². The fourth-order valence-corrected chi connectivity index (χ4v) is 2.87. The van der Waals surface area contributed by atoms with Crippen molar-refractivity contribution in [2.75, 3.05) is 11.4 Å². The predicted molar refractivity (Wildman–Crippen MR) is 92.7 cm³/mol. The predicted octanol–water partition coefficient (Wildman–Crippen LogP) is 3.84. The van der Waals surface area contributed by atoms with E-state index in [0.717, 1.165) is 6.07 Å². The molecule has 1 heterocycles. The van der Waals surface area contributed by atoms with Gasteiger partial charge in [-0.25, -0.2) is 0 Å². The van der Waals surface area contributed by atoms with Gasteiger partial charge in [-0.1, -0.05) is 0 Å². The summed E-state index contributed by atoms with van der Waals surface area (Å²) >= 11 is 0. The summed E-state index contributed by atoms with van der Waals surface area (Å²) < 4.78 is 43.6. The average Bonchev–Trinajstić information content (AvgIpc) is 3.03. The second-order valence-corrected chi connectivity index (χ2v) is 6.28. The summed E-state index contributed by atoms with van der Waals surface area (Å²) in [4.78, 5) is 34.4. The minimum Gasteiger partial charge on any atom is -0.481 e. The number of anilines is 1. The minimum atomic E-state index is -4.74. The summed E-state index contributed by atoms with van der Waals surface area (Å²) in [7, 11) is 0. The van der Waals surface area contributed by atoms with Crippen LogP contribution in [0.25, 0.3) is 0 Å². The van der Waals surface area contributed by atoms with E-state index in [1.54, 1.807) is 0 Å². The van der Waals surface area contributed by atoms with Crippen LogP contribution in [-0.2, 0) is 15.8 Å². The van der Waals surface area contributed by atoms with Crippen molar-refractivity contribution < 1.29 is 37.5 Å². The molecular weight excluding hydrogens is 397 g/mol. The van der Waals surface area contributed by atoms with Crippen molar-refractivity contribution in [3.63, 3.8) is 0 Å². The lowest BCUT2D eigenvalue weighted by atomic mass is 10.1. The van der Waals surface area contributed by atoms with Crippen molar-refractivity contribution >= 4 is 23.3 Å². The summed E-state index contributed by atoms with van der Waals surface area (Å²) in [5, 5.41) is 20.1. The van der Waals surface area contributed by atoms with Crippen LogP contribution in [0.4, 0.5) is 24.5 Å². The number of carbonyl (C=O) groups excluding carboxylic acids is 1. The number of nitro benzene ring substituents is 1. The number of hydrogen-bond acceptors (Lipinski definition) is 5. The number of amides is 1. The number of carbonyl (C=O) groups is 2. The van der Waals surface area contributed by atoms with E-state index in [4.69, 9.17) is 9.84 Å². The topological polar surface area (TPSA) is 110 Å². The highest BCUT2D eigenvalue weighted by Gasteiger charge is 2.35. The number of hydrogen-bond donors (Lipinski definition) is 1. The molecule has 8 nitrogen and oxygen atoms in total. The van der Waals surface area contributed by atoms with Gasteiger partial charge in [0.15, 0.2) is 0 Å². The van der Waals surface area contributed by atoms with Crippen molar-refractivity contribution in [3.05, 3.63) is 58.1 Å². The van der Waals surface area contributed by atoms with Gasteiger partial charge in [0, 0.05) is 24.7 Å². The smallest absolute Gasteiger partial charge is 0.416 e. The van der Waals surface area contributed by atoms with Gasteiger partial charge in [0.2, 0.25) is 11.7 Å². The zero-order valence-electron chi connectivity index (χ0n) is 14.5. The highest BCUT2D eigenvalue weighted by atomic mass is 19.4. The first kappa shape index (κ1) is 20.1. The molecule has 152 valence electrons. The van der Waals surface area contributed by atoms with Crippen LogP contribution in [0.2, 0.25) is 0 Å². The fourth-order valence-electron chi connectivity index (χ4n) is 2.87. The third-order valence-electron chi connectivity index (χ3n) is 4.33. The molecule has 0 aliphatic carbocycles. The van der Waals surface area contributed by atoms with Crippen LogP contribution in [-0.4, -0.2) is 28.5 Å². The number of rotatable bonds is 5. The zero-order chi connectivity index (χ0) is 21.3. The molecule has 1 saturated heterocycles. The largest absolute Gasteiger partial charge is 0.481 e. The molecule has 0 spiro atoms. The van der Waals surface area contributed by atoms with E-state index in [1.807, 2.05) is 0 Å². The Morgan fingerprint density at radius 3 is 2.38 bits per heavy atom. The average molecular weight is 410 g/mol. The van der Waals surface area contributed by atoms with Gasteiger partial charge in [0.1, 0.15) is 5.75 Å². The second kappa shape index (κ2) is 7.41. The first-order valence-electron chi connectivity index (χ1n) is 8.23. The Hall–Kier alpha value is -3.63. The van der Waals surface area contributed by atoms with Crippen LogP contribution in [0.3, 0.4) is 0 Å². The van der Waals surface area contributed by atoms with E-state index in [2.05, 4.69) is 0 Å². The van der Waals surface area contributed by atoms with Crippen molar-refractivity contribution in [1.82, 2.24) is 0 Å². The lowest BCUT2D eigenvalue weighted by Gasteiger charge is -2.16. The van der Waals surface area contributed by atoms with E-state index in [-0.39, 0.29) is 30.4 Å². The fraction of sp³-hybridized carbons (Fsp3) is 0.222. The number of carboxylic acid groups (broad SMARTS) is 1. The summed E-state index contributed by atoms with van der Waals surface area (Å²) in [6.45, 7) is 0.0126. The summed E-state index contributed by atoms with van der Waals surface area (Å²) in [5.74, 6) is -2.52. The molecule has 1 fully saturated rings. The second-order valence-electron chi connectivity index (χ2n) is 6.28. The molecular formula is C18H13F3N2O6. The van der Waals surface area contributed by atoms with Gasteiger partial charge in [-0.3, -0.25) is 19.7 Å². The lowest BCUT2D eigenvalue weighted by molar-refractivity contribution is -0.385. The van der Waals surface area contributed by atoms with Gasteiger partial charge >= 0.3 is 17.8 Å². The van der Waals surface area contributed by atoms with Crippen LogP contribution in [0.5, 0.6) is 11.5 Å². The van der Waals surface area contributed by atoms with Crippen LogP contribution in [0, 0.1) is 16.0 Å². The molecule has 2 aromatic carbocycles. The molecule has 1 aliphatic rings. The molecule has 2 aromatic rings. The standard InChI is InChI=1S/C18H13F3N2O6/c19-18(20,21)11-1-6-15(14(8-11)23(27)28)29-13-4-2-12(3-5-13)22-9-10(17(25)26)7-16(22)24/h1-6,8,10H,7,9H2,(H,25,26)/t10-/m1/s1. The summed E-state index contributed by atoms with van der Waals surface area (Å²) in [5.41, 5.74) is -1.61. The summed E-state index contributed by atoms with van der Waals surface area (Å²) in [6.07, 6.45) is -4.85. The third kappa shape index (κ3) is 4.28. The van der Waals surface area contributed by atoms with Gasteiger partial charge in [-0.05, 0) is 36.4 Å². The van der Waals surface area contributed by atoms with Gasteiger partial charge in [0.05, 0.1) is 16.4 Å². The third-order valence-corrected chi connectivity index (χ3v) is 4.33. The maximum Gasteiger partial charge on any atom is 0.416 e. The Balaban J connectivity index is 1.81. The Labute approximate surface area is 161 Å². The van der Waals surface area contributed by atoms with Gasteiger partial charge in [-0.2, -0.15) is 13.2 Å². The molecule has 0 bridgehead atoms. The maximum atomic E-state index is 12.8. The van der Waals surface area contributed by atoms with Crippen molar-refractivity contribution in [3.8, 4) is 11.5 Å². The molecule has 11 heteroatoms. The number of ether oxygens (including phenoxy) is 1. The molecule has 29 heavy (non-hydrogen) atoms. The summed E-state index contributed by atoms with van der Waals surface area (Å²) in [6, 6.07) is 7.57. The van der Waals surface area contributed by atoms with Crippen molar-refractivity contribution in [2.45, 2.75) is 12.6 Å². The Morgan fingerprint density at radius 2 is 1.86 bits per heavy atom. The Morgan fingerprint density at radius 1 is 1.21 bits per heavy atom. The molecule has 1 amide bonds. The van der Waals surface area contributed by atoms with E-state index in [0.29, 0.717) is 17.8 Å². The van der Waals surface area contributed by atoms with Gasteiger partial charge in [0.25, 0.3) is 0 Å². The molecule has 1 N–H and O–H groups in total. The molecule has 3 rings (SSSR count). The molecule has 0 saturated carbocycles. The molecule has 0 aromatic heterocycles. The molecule has 1 aliphatic heterocycles. The monoisotopic (exact) mass is 410 g/mol. The molecule has 0 unspecified atom stereocenters. The number of alkyl halides is 3. The maximum absolute atomic E-state index is 12.8. The first-order valence-corrected chi connectivity index (χ1v) is 8.23. The van der Waals surface area contributed by atoms with E-state index in [9.17, 15) is 32.9 Å². The minimum absolute atomic E-state index is 0.0126. The van der Waals surface area contributed by atoms with Crippen molar-refractivity contribution in [1.29, 1.82) is 0 Å². The van der Waals surface area contributed by atoms with E-state index < -0.39 is 34.2 Å². The van der Waals surface area contributed by atoms with E-state index in [1.165, 1.54) is 29.2 Å². The molecule has 1 atom stereocenters. The number of nitrogens with zero attached hydrogens (tertiary/aromatic N) is 2. The SMILES string of the molecule is O=C(O)[C@@H]1CC(=O)N(c2ccc(Oc3ccc(C(F)(F)F)cc3[N+](=O)[O-])cc2)C1. The van der Waals surface area contributed by atoms with Crippen LogP contribution >= 0.6 is 0 Å². The highest BCUT2D eigenvalue weighted by molar-refractivity contribution is 5.99. The number of carboxylic acids is 1. The van der Waals surface area contributed by atoms with Gasteiger partial charge in [-0.15, -0.1) is 0 Å². The van der Waals surface area contributed by atoms with E-state index >= 15 is 0 Å². The zero-order valence-corrected chi connectivity index (χ0v) is 14.5. The molecule has 0 radical (unpaired) electrons. The van der Waals surface area contributed by atoms with Crippen LogP contribution < -0.4 is 9.64 Å². The highest BCUT2D eigenvalue weighted by Crippen LogP contribution is 2.38. The van der Waals surface area contributed by atoms with Crippen LogP contribution in [0.1, 0.15) is 12.0 Å². The Bertz CT molecular complexity index is 975. The van der Waals surface area contributed by atoms with Crippen molar-refractivity contribution in [2.24, 2.45) is 5.92 Å². The lowest BCUT2D eigenvalue weighted by Crippen LogP contribution is -2.25. The first-order chi connectivity index (χ1) is 13.6. The number of halogens is 3. The number of nitro groups is 1. The number of aliphatic carboxylic acids is 1.